The Morgan fingerprint density at radius 2 is 2.20 bits per heavy atom. The van der Waals surface area contributed by atoms with E-state index in [1.807, 2.05) is 25.1 Å². The van der Waals surface area contributed by atoms with E-state index in [0.717, 1.165) is 15.8 Å². The molecule has 0 saturated heterocycles. The second kappa shape index (κ2) is 6.28. The molecule has 0 atom stereocenters. The predicted molar refractivity (Wildman–Crippen MR) is 67.8 cm³/mol. The van der Waals surface area contributed by atoms with Gasteiger partial charge in [-0.25, -0.2) is 0 Å². The number of Topliss-reactive ketones (excluding diaryl/α,β-unsaturated/α-hetero) is 1. The molecule has 0 heterocycles. The van der Waals surface area contributed by atoms with Crippen molar-refractivity contribution in [2.45, 2.75) is 13.3 Å². The molecule has 2 nitrogen and oxygen atoms in total. The number of ketones is 1. The Bertz CT molecular complexity index is 350. The van der Waals surface area contributed by atoms with Crippen LogP contribution < -0.4 is 4.74 Å². The topological polar surface area (TPSA) is 26.3 Å². The molecule has 82 valence electrons. The minimum absolute atomic E-state index is 0.147. The third-order valence-electron chi connectivity index (χ3n) is 1.86. The largest absolute Gasteiger partial charge is 0.494 e. The summed E-state index contributed by atoms with van der Waals surface area (Å²) in [5.41, 5.74) is 0.927. The van der Waals surface area contributed by atoms with E-state index >= 15 is 0 Å². The summed E-state index contributed by atoms with van der Waals surface area (Å²) in [5, 5.41) is 0.380. The van der Waals surface area contributed by atoms with E-state index in [1.165, 1.54) is 0 Å². The van der Waals surface area contributed by atoms with Gasteiger partial charge in [0.1, 0.15) is 11.5 Å². The van der Waals surface area contributed by atoms with Crippen molar-refractivity contribution in [3.05, 3.63) is 28.2 Å². The van der Waals surface area contributed by atoms with Gasteiger partial charge in [0, 0.05) is 16.5 Å². The van der Waals surface area contributed by atoms with Crippen molar-refractivity contribution in [1.29, 1.82) is 0 Å². The minimum Gasteiger partial charge on any atom is -0.494 e. The first kappa shape index (κ1) is 12.7. The number of benzene rings is 1. The monoisotopic (exact) mass is 334 g/mol. The van der Waals surface area contributed by atoms with Crippen LogP contribution in [-0.4, -0.2) is 17.7 Å². The average molecular weight is 336 g/mol. The zero-order chi connectivity index (χ0) is 11.3. The SMILES string of the molecule is CCOc1ccc(Br)cc1CC(=O)CBr. The van der Waals surface area contributed by atoms with Gasteiger partial charge in [0.15, 0.2) is 0 Å². The Hall–Kier alpha value is -0.350. The first-order valence-electron chi connectivity index (χ1n) is 4.66. The minimum atomic E-state index is 0.147. The van der Waals surface area contributed by atoms with Gasteiger partial charge in [-0.1, -0.05) is 31.9 Å². The van der Waals surface area contributed by atoms with Crippen molar-refractivity contribution in [3.63, 3.8) is 0 Å². The lowest BCUT2D eigenvalue weighted by atomic mass is 10.1. The van der Waals surface area contributed by atoms with Gasteiger partial charge in [0.2, 0.25) is 0 Å². The lowest BCUT2D eigenvalue weighted by Crippen LogP contribution is -2.06. The summed E-state index contributed by atoms with van der Waals surface area (Å²) in [7, 11) is 0. The summed E-state index contributed by atoms with van der Waals surface area (Å²) in [6, 6.07) is 5.71. The zero-order valence-corrected chi connectivity index (χ0v) is 11.6. The van der Waals surface area contributed by atoms with Crippen molar-refractivity contribution >= 4 is 37.6 Å². The van der Waals surface area contributed by atoms with E-state index < -0.39 is 0 Å². The average Bonchev–Trinajstić information content (AvgIpc) is 2.22. The molecular weight excluding hydrogens is 324 g/mol. The van der Waals surface area contributed by atoms with Crippen molar-refractivity contribution in [2.24, 2.45) is 0 Å². The van der Waals surface area contributed by atoms with Crippen LogP contribution in [0.25, 0.3) is 0 Å². The van der Waals surface area contributed by atoms with Crippen LogP contribution in [0.4, 0.5) is 0 Å². The summed E-state index contributed by atoms with van der Waals surface area (Å²) in [6.07, 6.45) is 0.403. The molecule has 4 heteroatoms. The highest BCUT2D eigenvalue weighted by Crippen LogP contribution is 2.24. The molecule has 0 aliphatic heterocycles. The number of rotatable bonds is 5. The highest BCUT2D eigenvalue weighted by Gasteiger charge is 2.08. The summed E-state index contributed by atoms with van der Waals surface area (Å²) >= 11 is 6.53. The van der Waals surface area contributed by atoms with Gasteiger partial charge in [-0.3, -0.25) is 4.79 Å². The van der Waals surface area contributed by atoms with Crippen LogP contribution in [0.3, 0.4) is 0 Å². The van der Waals surface area contributed by atoms with Crippen LogP contribution in [0, 0.1) is 0 Å². The molecular formula is C11H12Br2O2. The summed E-state index contributed by atoms with van der Waals surface area (Å²) in [6.45, 7) is 2.54. The maximum Gasteiger partial charge on any atom is 0.147 e. The Morgan fingerprint density at radius 1 is 1.47 bits per heavy atom. The molecule has 0 unspecified atom stereocenters. The normalized spacial score (nSPS) is 10.1. The van der Waals surface area contributed by atoms with Crippen molar-refractivity contribution in [1.82, 2.24) is 0 Å². The highest BCUT2D eigenvalue weighted by molar-refractivity contribution is 9.10. The van der Waals surface area contributed by atoms with Gasteiger partial charge < -0.3 is 4.74 Å². The van der Waals surface area contributed by atoms with Gasteiger partial charge >= 0.3 is 0 Å². The van der Waals surface area contributed by atoms with Crippen LogP contribution in [0.5, 0.6) is 5.75 Å². The summed E-state index contributed by atoms with van der Waals surface area (Å²) < 4.78 is 6.41. The van der Waals surface area contributed by atoms with Crippen molar-refractivity contribution in [2.75, 3.05) is 11.9 Å². The first-order valence-corrected chi connectivity index (χ1v) is 6.57. The number of carbonyl (C=O) groups is 1. The smallest absolute Gasteiger partial charge is 0.147 e. The molecule has 0 amide bonds. The standard InChI is InChI=1S/C11H12Br2O2/c1-2-15-11-4-3-9(13)5-8(11)6-10(14)7-12/h3-5H,2,6-7H2,1H3. The molecule has 0 aromatic heterocycles. The maximum atomic E-state index is 11.3. The highest BCUT2D eigenvalue weighted by atomic mass is 79.9. The first-order chi connectivity index (χ1) is 7.17. The fourth-order valence-electron chi connectivity index (χ4n) is 1.24. The lowest BCUT2D eigenvalue weighted by molar-refractivity contribution is -0.115. The molecule has 0 aliphatic carbocycles. The molecule has 0 aliphatic rings. The molecule has 0 N–H and O–H groups in total. The molecule has 15 heavy (non-hydrogen) atoms. The van der Waals surface area contributed by atoms with E-state index in [-0.39, 0.29) is 5.78 Å². The summed E-state index contributed by atoms with van der Waals surface area (Å²) in [4.78, 5) is 11.3. The fourth-order valence-corrected chi connectivity index (χ4v) is 1.85. The molecule has 0 radical (unpaired) electrons. The van der Waals surface area contributed by atoms with E-state index in [0.29, 0.717) is 18.4 Å². The number of alkyl halides is 1. The molecule has 1 rings (SSSR count). The Kier molecular flexibility index (Phi) is 5.32. The van der Waals surface area contributed by atoms with E-state index in [4.69, 9.17) is 4.74 Å². The maximum absolute atomic E-state index is 11.3. The lowest BCUT2D eigenvalue weighted by Gasteiger charge is -2.09. The quantitative estimate of drug-likeness (QED) is 0.771. The van der Waals surface area contributed by atoms with Crippen LogP contribution in [-0.2, 0) is 11.2 Å². The molecule has 0 spiro atoms. The number of ether oxygens (including phenoxy) is 1. The van der Waals surface area contributed by atoms with Gasteiger partial charge in [-0.2, -0.15) is 0 Å². The second-order valence-corrected chi connectivity index (χ2v) is 4.51. The fraction of sp³-hybridized carbons (Fsp3) is 0.364. The zero-order valence-electron chi connectivity index (χ0n) is 8.43. The number of hydrogen-bond acceptors (Lipinski definition) is 2. The third kappa shape index (κ3) is 3.95. The number of halogens is 2. The van der Waals surface area contributed by atoms with Gasteiger partial charge in [-0.05, 0) is 25.1 Å². The van der Waals surface area contributed by atoms with Crippen LogP contribution in [0.1, 0.15) is 12.5 Å². The van der Waals surface area contributed by atoms with Gasteiger partial charge in [0.05, 0.1) is 11.9 Å². The third-order valence-corrected chi connectivity index (χ3v) is 2.98. The van der Waals surface area contributed by atoms with Crippen LogP contribution in [0.15, 0.2) is 22.7 Å². The van der Waals surface area contributed by atoms with Gasteiger partial charge in [-0.15, -0.1) is 0 Å². The van der Waals surface area contributed by atoms with E-state index in [2.05, 4.69) is 31.9 Å². The Morgan fingerprint density at radius 3 is 2.80 bits per heavy atom. The van der Waals surface area contributed by atoms with Crippen LogP contribution in [0.2, 0.25) is 0 Å². The molecule has 1 aromatic rings. The summed E-state index contributed by atoms with van der Waals surface area (Å²) in [5.74, 6) is 0.934. The van der Waals surface area contributed by atoms with E-state index in [1.54, 1.807) is 0 Å². The van der Waals surface area contributed by atoms with E-state index in [9.17, 15) is 4.79 Å². The Balaban J connectivity index is 2.91. The number of carbonyl (C=O) groups excluding carboxylic acids is 1. The van der Waals surface area contributed by atoms with Crippen LogP contribution >= 0.6 is 31.9 Å². The predicted octanol–water partition coefficient (Wildman–Crippen LogP) is 3.35. The molecule has 0 saturated carbocycles. The second-order valence-electron chi connectivity index (χ2n) is 3.03. The van der Waals surface area contributed by atoms with Crippen molar-refractivity contribution in [3.8, 4) is 5.75 Å². The van der Waals surface area contributed by atoms with Gasteiger partial charge in [0.25, 0.3) is 0 Å². The Labute approximate surface area is 106 Å². The molecule has 0 bridgehead atoms. The molecule has 1 aromatic carbocycles. The molecule has 0 fully saturated rings. The number of hydrogen-bond donors (Lipinski definition) is 0. The van der Waals surface area contributed by atoms with Crippen molar-refractivity contribution < 1.29 is 9.53 Å².